The number of hydrogen-bond donors (Lipinski definition) is 3. The molecule has 2 aliphatic heterocycles. The number of hydrogen-bond acceptors (Lipinski definition) is 7. The van der Waals surface area contributed by atoms with Gasteiger partial charge < -0.3 is 25.4 Å². The first-order valence-electron chi connectivity index (χ1n) is 12.2. The number of aliphatic hydroxyl groups is 1. The van der Waals surface area contributed by atoms with Gasteiger partial charge in [0.1, 0.15) is 5.75 Å². The lowest BCUT2D eigenvalue weighted by Crippen LogP contribution is -2.43. The minimum absolute atomic E-state index is 0.0924. The molecule has 184 valence electrons. The summed E-state index contributed by atoms with van der Waals surface area (Å²) in [7, 11) is 1.65. The number of aromatic nitrogens is 1. The second kappa shape index (κ2) is 11.0. The Hall–Kier alpha value is -2.65. The molecule has 5 rings (SSSR count). The van der Waals surface area contributed by atoms with Crippen molar-refractivity contribution in [2.45, 2.75) is 42.8 Å². The van der Waals surface area contributed by atoms with Gasteiger partial charge in [0.25, 0.3) is 0 Å². The fourth-order valence-corrected chi connectivity index (χ4v) is 5.80. The van der Waals surface area contributed by atoms with Crippen molar-refractivity contribution in [3.8, 4) is 5.75 Å². The fraction of sp³-hybridized carbons (Fsp3) is 0.407. The van der Waals surface area contributed by atoms with Crippen LogP contribution in [0, 0.1) is 0 Å². The van der Waals surface area contributed by atoms with E-state index in [1.54, 1.807) is 25.1 Å². The summed E-state index contributed by atoms with van der Waals surface area (Å²) in [5.74, 6) is 1.69. The Kier molecular flexibility index (Phi) is 7.53. The molecule has 2 aromatic carbocycles. The predicted octanol–water partition coefficient (Wildman–Crippen LogP) is 3.97. The van der Waals surface area contributed by atoms with Gasteiger partial charge in [0, 0.05) is 47.8 Å². The number of rotatable bonds is 7. The molecule has 1 atom stereocenters. The van der Waals surface area contributed by atoms with E-state index in [9.17, 15) is 9.90 Å². The maximum Gasteiger partial charge on any atom is 0.225 e. The van der Waals surface area contributed by atoms with Crippen LogP contribution in [-0.2, 0) is 11.3 Å². The second-order valence-electron chi connectivity index (χ2n) is 9.23. The van der Waals surface area contributed by atoms with Gasteiger partial charge in [0.05, 0.1) is 24.4 Å². The number of anilines is 1. The molecule has 7 nitrogen and oxygen atoms in total. The first-order valence-corrected chi connectivity index (χ1v) is 13.2. The van der Waals surface area contributed by atoms with E-state index in [1.165, 1.54) is 5.56 Å². The number of piperidine rings is 1. The summed E-state index contributed by atoms with van der Waals surface area (Å²) < 4.78 is 5.37. The number of ether oxygens (including phenoxy) is 1. The van der Waals surface area contributed by atoms with Gasteiger partial charge in [-0.3, -0.25) is 9.78 Å². The molecule has 1 saturated heterocycles. The number of carbonyl (C=O) groups is 1. The minimum Gasteiger partial charge on any atom is -0.497 e. The van der Waals surface area contributed by atoms with Crippen molar-refractivity contribution in [2.24, 2.45) is 0 Å². The zero-order valence-corrected chi connectivity index (χ0v) is 20.8. The Morgan fingerprint density at radius 2 is 2.09 bits per heavy atom. The number of amides is 1. The molecule has 0 spiro atoms. The van der Waals surface area contributed by atoms with E-state index in [2.05, 4.69) is 38.7 Å². The summed E-state index contributed by atoms with van der Waals surface area (Å²) in [5, 5.41) is 18.7. The number of carbonyl (C=O) groups excluding carboxylic acids is 1. The summed E-state index contributed by atoms with van der Waals surface area (Å²) in [6, 6.07) is 14.5. The monoisotopic (exact) mass is 492 g/mol. The highest BCUT2D eigenvalue weighted by molar-refractivity contribution is 7.99. The summed E-state index contributed by atoms with van der Waals surface area (Å²) >= 11 is 1.73. The molecule has 1 amide bonds. The van der Waals surface area contributed by atoms with Crippen molar-refractivity contribution in [2.75, 3.05) is 37.8 Å². The van der Waals surface area contributed by atoms with Crippen LogP contribution in [0.2, 0.25) is 0 Å². The van der Waals surface area contributed by atoms with Gasteiger partial charge >= 0.3 is 0 Å². The van der Waals surface area contributed by atoms with Crippen molar-refractivity contribution in [1.82, 2.24) is 15.2 Å². The fourth-order valence-electron chi connectivity index (χ4n) is 4.87. The Morgan fingerprint density at radius 1 is 1.23 bits per heavy atom. The quantitative estimate of drug-likeness (QED) is 0.460. The van der Waals surface area contributed by atoms with Gasteiger partial charge in [-0.2, -0.15) is 0 Å². The maximum absolute atomic E-state index is 11.9. The normalized spacial score (nSPS) is 18.1. The van der Waals surface area contributed by atoms with Crippen LogP contribution in [0.1, 0.15) is 36.5 Å². The number of thioether (sulfide) groups is 1. The van der Waals surface area contributed by atoms with E-state index in [4.69, 9.17) is 4.74 Å². The van der Waals surface area contributed by atoms with Crippen LogP contribution in [0.15, 0.2) is 53.6 Å². The largest absolute Gasteiger partial charge is 0.497 e. The number of nitrogens with one attached hydrogen (secondary N) is 2. The van der Waals surface area contributed by atoms with E-state index in [0.717, 1.165) is 71.0 Å². The summed E-state index contributed by atoms with van der Waals surface area (Å²) in [6.45, 7) is 3.27. The summed E-state index contributed by atoms with van der Waals surface area (Å²) in [6.07, 6.45) is 3.82. The molecule has 3 heterocycles. The average Bonchev–Trinajstić information content (AvgIpc) is 3.07. The number of likely N-dealkylation sites (tertiary alicyclic amines) is 1. The third kappa shape index (κ3) is 5.78. The van der Waals surface area contributed by atoms with Gasteiger partial charge in [0.2, 0.25) is 5.91 Å². The molecule has 0 unspecified atom stereocenters. The molecule has 0 bridgehead atoms. The number of nitrogens with zero attached hydrogens (tertiary/aromatic N) is 2. The van der Waals surface area contributed by atoms with E-state index in [1.807, 2.05) is 24.3 Å². The number of β-amino-alcohol motifs (C(OH)–C–C–N with tert-alkyl or cyclic N) is 1. The van der Waals surface area contributed by atoms with Crippen LogP contribution < -0.4 is 15.4 Å². The van der Waals surface area contributed by atoms with Crippen LogP contribution >= 0.6 is 11.8 Å². The first-order chi connectivity index (χ1) is 17.1. The SMILES string of the molecule is COc1ccc2nccc([C@@H](O)CN3CCC(NCc4ccc5c(c4)NC(=O)CCS5)CC3)c2c1. The predicted molar refractivity (Wildman–Crippen MR) is 140 cm³/mol. The molecular weight excluding hydrogens is 460 g/mol. The van der Waals surface area contributed by atoms with Crippen LogP contribution in [0.3, 0.4) is 0 Å². The van der Waals surface area contributed by atoms with Crippen molar-refractivity contribution in [3.63, 3.8) is 0 Å². The van der Waals surface area contributed by atoms with E-state index in [0.29, 0.717) is 19.0 Å². The zero-order chi connectivity index (χ0) is 24.2. The highest BCUT2D eigenvalue weighted by atomic mass is 32.2. The third-order valence-corrected chi connectivity index (χ3v) is 7.94. The number of fused-ring (bicyclic) bond motifs is 2. The molecule has 3 N–H and O–H groups in total. The van der Waals surface area contributed by atoms with E-state index < -0.39 is 6.10 Å². The maximum atomic E-state index is 11.9. The van der Waals surface area contributed by atoms with Crippen molar-refractivity contribution in [1.29, 1.82) is 0 Å². The molecular formula is C27H32N4O3S. The standard InChI is InChI=1S/C27H32N4O3S/c1-34-20-3-4-23-22(15-20)21(6-10-28-23)25(32)17-31-11-7-19(8-12-31)29-16-18-2-5-26-24(14-18)30-27(33)9-13-35-26/h2-6,10,14-15,19,25,29,32H,7-9,11-13,16-17H2,1H3,(H,30,33)/t25-/m0/s1. The highest BCUT2D eigenvalue weighted by Gasteiger charge is 2.23. The van der Waals surface area contributed by atoms with E-state index in [-0.39, 0.29) is 5.91 Å². The van der Waals surface area contributed by atoms with Crippen molar-refractivity contribution in [3.05, 3.63) is 59.8 Å². The highest BCUT2D eigenvalue weighted by Crippen LogP contribution is 2.32. The Labute approximate surface area is 210 Å². The molecule has 2 aliphatic rings. The Morgan fingerprint density at radius 3 is 2.91 bits per heavy atom. The van der Waals surface area contributed by atoms with Crippen LogP contribution in [0.4, 0.5) is 5.69 Å². The number of pyridine rings is 1. The molecule has 35 heavy (non-hydrogen) atoms. The van der Waals surface area contributed by atoms with E-state index >= 15 is 0 Å². The lowest BCUT2D eigenvalue weighted by Gasteiger charge is -2.34. The van der Waals surface area contributed by atoms with Crippen LogP contribution in [-0.4, -0.2) is 59.4 Å². The topological polar surface area (TPSA) is 86.7 Å². The second-order valence-corrected chi connectivity index (χ2v) is 10.4. The van der Waals surface area contributed by atoms with Gasteiger partial charge in [-0.1, -0.05) is 6.07 Å². The van der Waals surface area contributed by atoms with Crippen LogP contribution in [0.5, 0.6) is 5.75 Å². The Balaban J connectivity index is 1.14. The summed E-state index contributed by atoms with van der Waals surface area (Å²) in [5.41, 5.74) is 3.87. The smallest absolute Gasteiger partial charge is 0.225 e. The van der Waals surface area contributed by atoms with Gasteiger partial charge in [-0.15, -0.1) is 11.8 Å². The molecule has 0 radical (unpaired) electrons. The van der Waals surface area contributed by atoms with Gasteiger partial charge in [0.15, 0.2) is 0 Å². The molecule has 1 fully saturated rings. The number of benzene rings is 2. The lowest BCUT2D eigenvalue weighted by atomic mass is 10.0. The van der Waals surface area contributed by atoms with Crippen LogP contribution in [0.25, 0.3) is 10.9 Å². The van der Waals surface area contributed by atoms with Gasteiger partial charge in [-0.25, -0.2) is 0 Å². The van der Waals surface area contributed by atoms with Crippen molar-refractivity contribution >= 4 is 34.3 Å². The number of aliphatic hydroxyl groups excluding tert-OH is 1. The summed E-state index contributed by atoms with van der Waals surface area (Å²) in [4.78, 5) is 19.8. The van der Waals surface area contributed by atoms with Crippen molar-refractivity contribution < 1.29 is 14.6 Å². The molecule has 8 heteroatoms. The molecule has 1 aromatic heterocycles. The Bertz CT molecular complexity index is 1200. The zero-order valence-electron chi connectivity index (χ0n) is 20.0. The lowest BCUT2D eigenvalue weighted by molar-refractivity contribution is -0.115. The molecule has 0 saturated carbocycles. The van der Waals surface area contributed by atoms with Gasteiger partial charge in [-0.05, 0) is 73.5 Å². The minimum atomic E-state index is -0.579. The third-order valence-electron chi connectivity index (χ3n) is 6.86. The average molecular weight is 493 g/mol. The number of methoxy groups -OCH3 is 1. The first kappa shape index (κ1) is 24.1. The molecule has 3 aromatic rings. The molecule has 0 aliphatic carbocycles.